The summed E-state index contributed by atoms with van der Waals surface area (Å²) in [4.78, 5) is 16.5. The Morgan fingerprint density at radius 1 is 1.47 bits per heavy atom. The molecule has 1 amide bonds. The van der Waals surface area contributed by atoms with Gasteiger partial charge in [0.2, 0.25) is 5.91 Å². The molecule has 0 aliphatic heterocycles. The molecule has 2 aromatic rings. The summed E-state index contributed by atoms with van der Waals surface area (Å²) in [5.74, 6) is -0.0730. The lowest BCUT2D eigenvalue weighted by Gasteiger charge is -2.22. The van der Waals surface area contributed by atoms with Gasteiger partial charge in [-0.15, -0.1) is 0 Å². The molecule has 0 radical (unpaired) electrons. The third kappa shape index (κ3) is 2.09. The Bertz CT molecular complexity index is 523. The summed E-state index contributed by atoms with van der Waals surface area (Å²) in [6, 6.07) is 10.2. The number of hydrogen-bond donors (Lipinski definition) is 1. The molecule has 1 aromatic carbocycles. The van der Waals surface area contributed by atoms with Crippen LogP contribution in [0.2, 0.25) is 0 Å². The van der Waals surface area contributed by atoms with Crippen molar-refractivity contribution in [3.05, 3.63) is 48.7 Å². The van der Waals surface area contributed by atoms with Crippen LogP contribution in [0.4, 0.5) is 0 Å². The fourth-order valence-corrected chi connectivity index (χ4v) is 1.86. The van der Waals surface area contributed by atoms with Gasteiger partial charge in [-0.3, -0.25) is 4.79 Å². The highest BCUT2D eigenvalue weighted by Gasteiger charge is 2.16. The van der Waals surface area contributed by atoms with E-state index in [0.717, 1.165) is 16.6 Å². The number of carbonyl (C=O) groups is 1. The minimum absolute atomic E-state index is 0.00731. The molecule has 17 heavy (non-hydrogen) atoms. The van der Waals surface area contributed by atoms with E-state index in [4.69, 9.17) is 0 Å². The molecular weight excluding hydrogens is 212 g/mol. The van der Waals surface area contributed by atoms with E-state index in [-0.39, 0.29) is 11.9 Å². The molecule has 2 rings (SSSR count). The monoisotopic (exact) mass is 228 g/mol. The summed E-state index contributed by atoms with van der Waals surface area (Å²) in [5.41, 5.74) is 2.12. The molecule has 3 heteroatoms. The smallest absolute Gasteiger partial charge is 0.246 e. The van der Waals surface area contributed by atoms with Gasteiger partial charge in [-0.05, 0) is 30.5 Å². The van der Waals surface area contributed by atoms with Gasteiger partial charge in [0.15, 0.2) is 0 Å². The lowest BCUT2D eigenvalue weighted by Crippen LogP contribution is -2.27. The third-order valence-electron chi connectivity index (χ3n) is 3.10. The van der Waals surface area contributed by atoms with E-state index in [2.05, 4.69) is 23.7 Å². The number of hydrogen-bond acceptors (Lipinski definition) is 1. The lowest BCUT2D eigenvalue weighted by atomic mass is 10.2. The molecule has 1 aromatic heterocycles. The number of benzene rings is 1. The molecule has 3 nitrogen and oxygen atoms in total. The molecule has 1 atom stereocenters. The Hall–Kier alpha value is -2.03. The van der Waals surface area contributed by atoms with Gasteiger partial charge >= 0.3 is 0 Å². The van der Waals surface area contributed by atoms with Crippen LogP contribution >= 0.6 is 0 Å². The minimum atomic E-state index is -0.0730. The first-order valence-electron chi connectivity index (χ1n) is 5.60. The zero-order valence-electron chi connectivity index (χ0n) is 10.1. The van der Waals surface area contributed by atoms with Gasteiger partial charge in [-0.2, -0.15) is 0 Å². The van der Waals surface area contributed by atoms with E-state index in [1.165, 1.54) is 6.08 Å². The van der Waals surface area contributed by atoms with Crippen LogP contribution in [0, 0.1) is 0 Å². The third-order valence-corrected chi connectivity index (χ3v) is 3.10. The van der Waals surface area contributed by atoms with E-state index < -0.39 is 0 Å². The molecule has 0 saturated carbocycles. The zero-order chi connectivity index (χ0) is 12.4. The molecule has 0 aliphatic rings. The van der Waals surface area contributed by atoms with Crippen molar-refractivity contribution in [2.75, 3.05) is 7.05 Å². The predicted octanol–water partition coefficient (Wildman–Crippen LogP) is 2.87. The first-order valence-corrected chi connectivity index (χ1v) is 5.60. The van der Waals surface area contributed by atoms with Crippen molar-refractivity contribution < 1.29 is 4.79 Å². The average Bonchev–Trinajstić information content (AvgIpc) is 2.79. The number of amides is 1. The molecular formula is C14H16N2O. The van der Waals surface area contributed by atoms with Crippen LogP contribution in [0.5, 0.6) is 0 Å². The molecule has 0 saturated heterocycles. The van der Waals surface area contributed by atoms with Crippen LogP contribution in [0.1, 0.15) is 18.7 Å². The second-order valence-corrected chi connectivity index (χ2v) is 4.14. The SMILES string of the molecule is C=CC(=O)N(C)C(C)c1cc2ccccc2[nH]1. The van der Waals surface area contributed by atoms with E-state index in [1.807, 2.05) is 25.1 Å². The normalized spacial score (nSPS) is 12.4. The standard InChI is InChI=1S/C14H16N2O/c1-4-14(17)16(3)10(2)13-9-11-7-5-6-8-12(11)15-13/h4-10,15H,1H2,2-3H3. The number of fused-ring (bicyclic) bond motifs is 1. The molecule has 1 N–H and O–H groups in total. The fraction of sp³-hybridized carbons (Fsp3) is 0.214. The van der Waals surface area contributed by atoms with Crippen molar-refractivity contribution in [2.45, 2.75) is 13.0 Å². The first-order chi connectivity index (χ1) is 8.13. The number of nitrogens with one attached hydrogen (secondary N) is 1. The highest BCUT2D eigenvalue weighted by Crippen LogP contribution is 2.23. The summed E-state index contributed by atoms with van der Waals surface area (Å²) >= 11 is 0. The van der Waals surface area contributed by atoms with Gasteiger partial charge < -0.3 is 9.88 Å². The van der Waals surface area contributed by atoms with Crippen molar-refractivity contribution in [1.82, 2.24) is 9.88 Å². The maximum atomic E-state index is 11.5. The molecule has 0 aliphatic carbocycles. The van der Waals surface area contributed by atoms with Crippen molar-refractivity contribution in [3.8, 4) is 0 Å². The highest BCUT2D eigenvalue weighted by molar-refractivity contribution is 5.87. The molecule has 0 bridgehead atoms. The number of H-pyrrole nitrogens is 1. The van der Waals surface area contributed by atoms with E-state index in [1.54, 1.807) is 11.9 Å². The summed E-state index contributed by atoms with van der Waals surface area (Å²) in [6.07, 6.45) is 1.33. The predicted molar refractivity (Wildman–Crippen MR) is 69.7 cm³/mol. The number of nitrogens with zero attached hydrogens (tertiary/aromatic N) is 1. The second kappa shape index (κ2) is 4.45. The number of likely N-dealkylation sites (N-methyl/N-ethyl adjacent to an activating group) is 1. The van der Waals surface area contributed by atoms with Gasteiger partial charge in [-0.1, -0.05) is 24.8 Å². The second-order valence-electron chi connectivity index (χ2n) is 4.14. The Kier molecular flexibility index (Phi) is 3.00. The van der Waals surface area contributed by atoms with Crippen LogP contribution in [0.15, 0.2) is 43.0 Å². The van der Waals surface area contributed by atoms with Gasteiger partial charge in [0.05, 0.1) is 6.04 Å². The first kappa shape index (κ1) is 11.5. The van der Waals surface area contributed by atoms with Gasteiger partial charge in [0.25, 0.3) is 0 Å². The van der Waals surface area contributed by atoms with Gasteiger partial charge in [0.1, 0.15) is 0 Å². The highest BCUT2D eigenvalue weighted by atomic mass is 16.2. The summed E-state index contributed by atoms with van der Waals surface area (Å²) in [7, 11) is 1.78. The number of aromatic amines is 1. The van der Waals surface area contributed by atoms with Crippen LogP contribution in [-0.2, 0) is 4.79 Å². The Labute approximate surface area is 101 Å². The maximum absolute atomic E-state index is 11.5. The quantitative estimate of drug-likeness (QED) is 0.806. The van der Waals surface area contributed by atoms with E-state index >= 15 is 0 Å². The molecule has 1 unspecified atom stereocenters. The van der Waals surface area contributed by atoms with Crippen molar-refractivity contribution in [2.24, 2.45) is 0 Å². The molecule has 1 heterocycles. The maximum Gasteiger partial charge on any atom is 0.246 e. The van der Waals surface area contributed by atoms with Crippen molar-refractivity contribution in [1.29, 1.82) is 0 Å². The number of rotatable bonds is 3. The number of aromatic nitrogens is 1. The largest absolute Gasteiger partial charge is 0.357 e. The molecule has 0 spiro atoms. The van der Waals surface area contributed by atoms with Gasteiger partial charge in [0, 0.05) is 18.3 Å². The number of carbonyl (C=O) groups excluding carboxylic acids is 1. The van der Waals surface area contributed by atoms with Crippen molar-refractivity contribution >= 4 is 16.8 Å². The lowest BCUT2D eigenvalue weighted by molar-refractivity contribution is -0.126. The van der Waals surface area contributed by atoms with Crippen LogP contribution in [-0.4, -0.2) is 22.8 Å². The van der Waals surface area contributed by atoms with Crippen LogP contribution in [0.3, 0.4) is 0 Å². The molecule has 0 fully saturated rings. The Balaban J connectivity index is 2.33. The fourth-order valence-electron chi connectivity index (χ4n) is 1.86. The Morgan fingerprint density at radius 3 is 2.82 bits per heavy atom. The summed E-state index contributed by atoms with van der Waals surface area (Å²) in [6.45, 7) is 5.49. The topological polar surface area (TPSA) is 36.1 Å². The number of para-hydroxylation sites is 1. The minimum Gasteiger partial charge on any atom is -0.357 e. The van der Waals surface area contributed by atoms with Crippen LogP contribution in [0.25, 0.3) is 10.9 Å². The zero-order valence-corrected chi connectivity index (χ0v) is 10.1. The summed E-state index contributed by atoms with van der Waals surface area (Å²) in [5, 5.41) is 1.16. The van der Waals surface area contributed by atoms with E-state index in [0.29, 0.717) is 0 Å². The summed E-state index contributed by atoms with van der Waals surface area (Å²) < 4.78 is 0. The Morgan fingerprint density at radius 2 is 2.18 bits per heavy atom. The van der Waals surface area contributed by atoms with E-state index in [9.17, 15) is 4.79 Å². The average molecular weight is 228 g/mol. The van der Waals surface area contributed by atoms with Crippen molar-refractivity contribution in [3.63, 3.8) is 0 Å². The van der Waals surface area contributed by atoms with Gasteiger partial charge in [-0.25, -0.2) is 0 Å². The molecule has 88 valence electrons. The van der Waals surface area contributed by atoms with Crippen LogP contribution < -0.4 is 0 Å².